The molecule has 3 heterocycles. The highest BCUT2D eigenvalue weighted by Crippen LogP contribution is 2.43. The summed E-state index contributed by atoms with van der Waals surface area (Å²) in [6.45, 7) is 0.102. The maximum absolute atomic E-state index is 12.0. The lowest BCUT2D eigenvalue weighted by molar-refractivity contribution is -0.155. The van der Waals surface area contributed by atoms with Gasteiger partial charge in [-0.25, -0.2) is 4.98 Å². The molecule has 2 aliphatic heterocycles. The van der Waals surface area contributed by atoms with Crippen molar-refractivity contribution in [2.75, 3.05) is 18.1 Å². The number of hydrogen-bond donors (Lipinski definition) is 2. The second-order valence-corrected chi connectivity index (χ2v) is 8.14. The molecule has 10 heteroatoms. The minimum Gasteiger partial charge on any atom is -0.481 e. The molecule has 3 N–H and O–H groups in total. The summed E-state index contributed by atoms with van der Waals surface area (Å²) in [4.78, 5) is 40.9. The monoisotopic (exact) mass is 359 g/mol. The zero-order chi connectivity index (χ0) is 15.9. The summed E-state index contributed by atoms with van der Waals surface area (Å²) in [5.74, 6) is -0.771. The van der Waals surface area contributed by atoms with Gasteiger partial charge in [-0.1, -0.05) is 11.8 Å². The van der Waals surface area contributed by atoms with Crippen molar-refractivity contribution >= 4 is 51.9 Å². The smallest absolute Gasteiger partial charge is 0.313 e. The average molecular weight is 359 g/mol. The van der Waals surface area contributed by atoms with Crippen LogP contribution in [0, 0.1) is 5.41 Å². The molecule has 7 nitrogen and oxygen atoms in total. The quantitative estimate of drug-likeness (QED) is 0.740. The van der Waals surface area contributed by atoms with E-state index in [9.17, 15) is 19.5 Å². The summed E-state index contributed by atoms with van der Waals surface area (Å²) in [7, 11) is 0. The SMILES string of the molecule is NC1C(=O)N2CC(CSC(=O)c3nccs3)(C(=O)O)CS[C@H]12. The number of β-lactam (4-membered cyclic amide) rings is 1. The van der Waals surface area contributed by atoms with Crippen molar-refractivity contribution in [3.05, 3.63) is 16.6 Å². The second-order valence-electron chi connectivity index (χ2n) is 5.19. The van der Waals surface area contributed by atoms with Crippen LogP contribution in [0.5, 0.6) is 0 Å². The molecule has 0 aliphatic carbocycles. The van der Waals surface area contributed by atoms with E-state index in [0.29, 0.717) is 10.8 Å². The second kappa shape index (κ2) is 5.84. The molecule has 0 saturated carbocycles. The normalized spacial score (nSPS) is 30.6. The number of carboxylic acid groups (broad SMARTS) is 1. The number of nitrogens with two attached hydrogens (primary N) is 1. The number of fused-ring (bicyclic) bond motifs is 1. The van der Waals surface area contributed by atoms with E-state index in [0.717, 1.165) is 11.8 Å². The molecule has 0 bridgehead atoms. The minimum atomic E-state index is -1.13. The number of amides is 1. The van der Waals surface area contributed by atoms with Crippen molar-refractivity contribution in [2.45, 2.75) is 11.4 Å². The van der Waals surface area contributed by atoms with Crippen LogP contribution in [0.25, 0.3) is 0 Å². The minimum absolute atomic E-state index is 0.102. The summed E-state index contributed by atoms with van der Waals surface area (Å²) in [5, 5.41) is 11.3. The van der Waals surface area contributed by atoms with Crippen molar-refractivity contribution in [3.8, 4) is 0 Å². The Morgan fingerprint density at radius 1 is 1.59 bits per heavy atom. The highest BCUT2D eigenvalue weighted by atomic mass is 32.2. The molecule has 118 valence electrons. The first-order valence-corrected chi connectivity index (χ1v) is 9.34. The Bertz CT molecular complexity index is 623. The highest BCUT2D eigenvalue weighted by Gasteiger charge is 2.55. The molecule has 3 atom stereocenters. The Balaban J connectivity index is 1.69. The predicted octanol–water partition coefficient (Wildman–Crippen LogP) is 0.330. The third-order valence-electron chi connectivity index (χ3n) is 3.73. The van der Waals surface area contributed by atoms with Gasteiger partial charge in [-0.15, -0.1) is 23.1 Å². The molecule has 1 aromatic rings. The topological polar surface area (TPSA) is 114 Å². The Morgan fingerprint density at radius 3 is 3.00 bits per heavy atom. The summed E-state index contributed by atoms with van der Waals surface area (Å²) >= 11 is 3.54. The first-order valence-electron chi connectivity index (χ1n) is 6.42. The van der Waals surface area contributed by atoms with Crippen LogP contribution in [0.3, 0.4) is 0 Å². The average Bonchev–Trinajstić information content (AvgIpc) is 3.05. The van der Waals surface area contributed by atoms with Gasteiger partial charge in [0.25, 0.3) is 0 Å². The number of aliphatic carboxylic acids is 1. The van der Waals surface area contributed by atoms with Gasteiger partial charge in [0.1, 0.15) is 16.8 Å². The summed E-state index contributed by atoms with van der Waals surface area (Å²) < 4.78 is 0. The van der Waals surface area contributed by atoms with Gasteiger partial charge in [0, 0.05) is 29.6 Å². The number of carbonyl (C=O) groups excluding carboxylic acids is 2. The predicted molar refractivity (Wildman–Crippen MR) is 84.9 cm³/mol. The molecule has 1 amide bonds. The van der Waals surface area contributed by atoms with Crippen LogP contribution >= 0.6 is 34.9 Å². The van der Waals surface area contributed by atoms with Crippen LogP contribution < -0.4 is 5.73 Å². The molecular formula is C12H13N3O4S3. The van der Waals surface area contributed by atoms with Crippen molar-refractivity contribution in [2.24, 2.45) is 11.1 Å². The van der Waals surface area contributed by atoms with Crippen LogP contribution in [0.4, 0.5) is 0 Å². The first kappa shape index (κ1) is 15.8. The molecule has 0 spiro atoms. The molecular weight excluding hydrogens is 346 g/mol. The Kier molecular flexibility index (Phi) is 4.19. The van der Waals surface area contributed by atoms with Crippen LogP contribution in [-0.4, -0.2) is 61.4 Å². The van der Waals surface area contributed by atoms with Gasteiger partial charge in [0.05, 0.1) is 0 Å². The van der Waals surface area contributed by atoms with Gasteiger partial charge >= 0.3 is 5.97 Å². The third kappa shape index (κ3) is 2.53. The van der Waals surface area contributed by atoms with Gasteiger partial charge in [0.2, 0.25) is 11.0 Å². The zero-order valence-electron chi connectivity index (χ0n) is 11.3. The lowest BCUT2D eigenvalue weighted by Gasteiger charge is -2.52. The number of thiazole rings is 1. The highest BCUT2D eigenvalue weighted by molar-refractivity contribution is 8.14. The molecule has 2 fully saturated rings. The van der Waals surface area contributed by atoms with E-state index < -0.39 is 17.4 Å². The standard InChI is InChI=1S/C12H13N3O4S3/c13-6-8(16)15-3-12(11(18)19,4-21-9(6)15)5-22-10(17)7-14-1-2-20-7/h1-2,6,9H,3-5,13H2,(H,18,19)/t6?,9-,12?/m1/s1. The number of thioether (sulfide) groups is 2. The molecule has 2 aliphatic rings. The van der Waals surface area contributed by atoms with E-state index in [1.165, 1.54) is 34.2 Å². The fraction of sp³-hybridized carbons (Fsp3) is 0.500. The number of carboxylic acids is 1. The molecule has 0 radical (unpaired) electrons. The summed E-state index contributed by atoms with van der Waals surface area (Å²) in [6, 6.07) is -0.540. The summed E-state index contributed by atoms with van der Waals surface area (Å²) in [5.41, 5.74) is 4.57. The van der Waals surface area contributed by atoms with Crippen molar-refractivity contribution in [1.82, 2.24) is 9.88 Å². The Morgan fingerprint density at radius 2 is 2.36 bits per heavy atom. The first-order chi connectivity index (χ1) is 10.4. The van der Waals surface area contributed by atoms with E-state index in [1.54, 1.807) is 5.38 Å². The molecule has 0 aromatic carbocycles. The third-order valence-corrected chi connectivity index (χ3v) is 7.39. The van der Waals surface area contributed by atoms with Gasteiger partial charge in [-0.3, -0.25) is 14.4 Å². The van der Waals surface area contributed by atoms with E-state index in [-0.39, 0.29) is 28.7 Å². The molecule has 22 heavy (non-hydrogen) atoms. The van der Waals surface area contributed by atoms with Crippen molar-refractivity contribution < 1.29 is 19.5 Å². The number of rotatable bonds is 4. The largest absolute Gasteiger partial charge is 0.481 e. The molecule has 2 saturated heterocycles. The van der Waals surface area contributed by atoms with Crippen LogP contribution in [0.15, 0.2) is 11.6 Å². The maximum Gasteiger partial charge on any atom is 0.313 e. The number of carbonyl (C=O) groups is 3. The summed E-state index contributed by atoms with van der Waals surface area (Å²) in [6.07, 6.45) is 1.53. The van der Waals surface area contributed by atoms with E-state index in [1.807, 2.05) is 0 Å². The maximum atomic E-state index is 12.0. The zero-order valence-corrected chi connectivity index (χ0v) is 13.7. The lowest BCUT2D eigenvalue weighted by atomic mass is 9.89. The van der Waals surface area contributed by atoms with Crippen LogP contribution in [0.2, 0.25) is 0 Å². The molecule has 3 rings (SSSR count). The Labute approximate surface area is 138 Å². The van der Waals surface area contributed by atoms with Gasteiger partial charge in [-0.2, -0.15) is 0 Å². The van der Waals surface area contributed by atoms with Crippen molar-refractivity contribution in [3.63, 3.8) is 0 Å². The fourth-order valence-corrected chi connectivity index (χ4v) is 5.70. The molecule has 1 aromatic heterocycles. The van der Waals surface area contributed by atoms with Gasteiger partial charge in [0.15, 0.2) is 5.01 Å². The number of hydrogen-bond acceptors (Lipinski definition) is 8. The Hall–Kier alpha value is -1.10. The number of aromatic nitrogens is 1. The van der Waals surface area contributed by atoms with E-state index in [4.69, 9.17) is 5.73 Å². The van der Waals surface area contributed by atoms with E-state index >= 15 is 0 Å². The molecule has 2 unspecified atom stereocenters. The lowest BCUT2D eigenvalue weighted by Crippen LogP contribution is -2.72. The van der Waals surface area contributed by atoms with E-state index in [2.05, 4.69) is 4.98 Å². The van der Waals surface area contributed by atoms with Crippen LogP contribution in [-0.2, 0) is 9.59 Å². The van der Waals surface area contributed by atoms with Gasteiger partial charge < -0.3 is 15.7 Å². The number of nitrogens with zero attached hydrogens (tertiary/aromatic N) is 2. The fourth-order valence-electron chi connectivity index (χ4n) is 2.40. The van der Waals surface area contributed by atoms with Gasteiger partial charge in [-0.05, 0) is 0 Å². The van der Waals surface area contributed by atoms with Crippen molar-refractivity contribution in [1.29, 1.82) is 0 Å². The van der Waals surface area contributed by atoms with Crippen LogP contribution in [0.1, 0.15) is 9.80 Å².